The van der Waals surface area contributed by atoms with E-state index in [-0.39, 0.29) is 5.57 Å². The Kier molecular flexibility index (Phi) is 5.37. The first-order valence-corrected chi connectivity index (χ1v) is 10.4. The summed E-state index contributed by atoms with van der Waals surface area (Å²) >= 11 is 3.52. The number of rotatable bonds is 3. The van der Waals surface area contributed by atoms with Gasteiger partial charge in [0.25, 0.3) is 11.8 Å². The Labute approximate surface area is 187 Å². The van der Waals surface area contributed by atoms with Crippen molar-refractivity contribution in [2.45, 2.75) is 20.8 Å². The number of hydrogen-bond donors (Lipinski definition) is 1. The van der Waals surface area contributed by atoms with E-state index in [9.17, 15) is 14.4 Å². The van der Waals surface area contributed by atoms with E-state index >= 15 is 0 Å². The Morgan fingerprint density at radius 1 is 0.903 bits per heavy atom. The van der Waals surface area contributed by atoms with Crippen LogP contribution < -0.4 is 10.2 Å². The van der Waals surface area contributed by atoms with Gasteiger partial charge in [-0.25, -0.2) is 9.69 Å². The predicted molar refractivity (Wildman–Crippen MR) is 121 cm³/mol. The first-order chi connectivity index (χ1) is 14.7. The van der Waals surface area contributed by atoms with Crippen molar-refractivity contribution in [1.29, 1.82) is 0 Å². The minimum Gasteiger partial charge on any atom is -0.457 e. The van der Waals surface area contributed by atoms with Gasteiger partial charge in [0.15, 0.2) is 0 Å². The summed E-state index contributed by atoms with van der Waals surface area (Å²) in [5.41, 5.74) is 3.98. The summed E-state index contributed by atoms with van der Waals surface area (Å²) < 4.78 is 6.73. The zero-order chi connectivity index (χ0) is 22.3. The number of nitrogens with one attached hydrogen (secondary N) is 1. The second-order valence-corrected chi connectivity index (χ2v) is 8.34. The topological polar surface area (TPSA) is 79.6 Å². The molecule has 0 atom stereocenters. The number of barbiturate groups is 1. The van der Waals surface area contributed by atoms with Crippen LogP contribution in [0, 0.1) is 20.8 Å². The van der Waals surface area contributed by atoms with Crippen LogP contribution in [0.1, 0.15) is 22.5 Å². The van der Waals surface area contributed by atoms with Gasteiger partial charge in [-0.1, -0.05) is 28.1 Å². The fourth-order valence-electron chi connectivity index (χ4n) is 3.51. The van der Waals surface area contributed by atoms with Crippen molar-refractivity contribution in [3.8, 4) is 11.3 Å². The third-order valence-corrected chi connectivity index (χ3v) is 5.53. The van der Waals surface area contributed by atoms with Crippen molar-refractivity contribution in [2.75, 3.05) is 4.90 Å². The molecule has 31 heavy (non-hydrogen) atoms. The molecule has 0 bridgehead atoms. The molecule has 0 radical (unpaired) electrons. The number of furan rings is 1. The molecule has 0 spiro atoms. The van der Waals surface area contributed by atoms with Crippen LogP contribution >= 0.6 is 15.9 Å². The van der Waals surface area contributed by atoms with E-state index in [0.717, 1.165) is 31.6 Å². The fraction of sp³-hybridized carbons (Fsp3) is 0.125. The summed E-state index contributed by atoms with van der Waals surface area (Å²) in [6, 6.07) is 13.9. The van der Waals surface area contributed by atoms with Gasteiger partial charge < -0.3 is 4.42 Å². The van der Waals surface area contributed by atoms with Crippen LogP contribution in [0.4, 0.5) is 10.5 Å². The molecule has 4 rings (SSSR count). The summed E-state index contributed by atoms with van der Waals surface area (Å²) in [7, 11) is 0. The van der Waals surface area contributed by atoms with Gasteiger partial charge in [0.1, 0.15) is 17.1 Å². The molecular weight excluding hydrogens is 460 g/mol. The summed E-state index contributed by atoms with van der Waals surface area (Å²) in [6.45, 7) is 5.74. The highest BCUT2D eigenvalue weighted by atomic mass is 79.9. The summed E-state index contributed by atoms with van der Waals surface area (Å²) in [4.78, 5) is 38.8. The van der Waals surface area contributed by atoms with Gasteiger partial charge in [0.2, 0.25) is 0 Å². The van der Waals surface area contributed by atoms with E-state index < -0.39 is 17.8 Å². The third kappa shape index (κ3) is 4.09. The van der Waals surface area contributed by atoms with Crippen LogP contribution in [0.5, 0.6) is 0 Å². The van der Waals surface area contributed by atoms with Crippen LogP contribution in [0.15, 0.2) is 63.0 Å². The van der Waals surface area contributed by atoms with Crippen molar-refractivity contribution in [3.05, 3.63) is 81.0 Å². The Balaban J connectivity index is 1.70. The average Bonchev–Trinajstić information content (AvgIpc) is 3.12. The number of benzene rings is 2. The first-order valence-electron chi connectivity index (χ1n) is 9.59. The molecule has 0 aliphatic carbocycles. The number of carbonyl (C=O) groups excluding carboxylic acids is 3. The van der Waals surface area contributed by atoms with Gasteiger partial charge in [0.05, 0.1) is 5.69 Å². The van der Waals surface area contributed by atoms with Crippen molar-refractivity contribution < 1.29 is 18.8 Å². The molecule has 1 N–H and O–H groups in total. The molecule has 2 heterocycles. The normalized spacial score (nSPS) is 15.5. The minimum absolute atomic E-state index is 0.178. The van der Waals surface area contributed by atoms with Gasteiger partial charge in [-0.05, 0) is 79.9 Å². The summed E-state index contributed by atoms with van der Waals surface area (Å²) in [5.74, 6) is -0.543. The number of halogens is 1. The monoisotopic (exact) mass is 478 g/mol. The Bertz CT molecular complexity index is 1250. The molecular formula is C24H19BrN2O4. The number of nitrogens with zero attached hydrogens (tertiary/aromatic N) is 1. The molecule has 1 aromatic heterocycles. The van der Waals surface area contributed by atoms with Crippen LogP contribution in [-0.2, 0) is 9.59 Å². The molecule has 3 aromatic rings. The number of anilines is 1. The van der Waals surface area contributed by atoms with Gasteiger partial charge in [-0.3, -0.25) is 14.9 Å². The molecule has 7 heteroatoms. The fourth-order valence-corrected chi connectivity index (χ4v) is 4.20. The number of amides is 4. The summed E-state index contributed by atoms with van der Waals surface area (Å²) in [5, 5.41) is 2.23. The van der Waals surface area contributed by atoms with Crippen LogP contribution in [0.2, 0.25) is 0 Å². The smallest absolute Gasteiger partial charge is 0.335 e. The second-order valence-electron chi connectivity index (χ2n) is 7.49. The van der Waals surface area contributed by atoms with Crippen LogP contribution in [0.25, 0.3) is 17.4 Å². The Morgan fingerprint density at radius 2 is 1.61 bits per heavy atom. The number of urea groups is 1. The molecule has 1 aliphatic rings. The lowest BCUT2D eigenvalue weighted by molar-refractivity contribution is -0.122. The minimum atomic E-state index is -0.777. The standard InChI is InChI=1S/C24H19BrN2O4/c1-13-4-6-18(20(25)11-13)21-7-5-17(31-21)12-19-22(28)26-24(30)27(23(19)29)16-9-14(2)8-15(3)10-16/h4-12H,1-3H3,(H,26,28,30). The molecule has 0 saturated carbocycles. The van der Waals surface area contributed by atoms with Gasteiger partial charge in [0, 0.05) is 10.0 Å². The van der Waals surface area contributed by atoms with E-state index in [2.05, 4.69) is 21.2 Å². The highest BCUT2D eigenvalue weighted by Gasteiger charge is 2.37. The molecule has 1 aliphatic heterocycles. The van der Waals surface area contributed by atoms with Crippen molar-refractivity contribution >= 4 is 45.5 Å². The molecule has 6 nitrogen and oxygen atoms in total. The van der Waals surface area contributed by atoms with E-state index in [4.69, 9.17) is 4.42 Å². The number of imide groups is 2. The molecule has 4 amide bonds. The maximum absolute atomic E-state index is 13.1. The van der Waals surface area contributed by atoms with Gasteiger partial charge >= 0.3 is 6.03 Å². The Morgan fingerprint density at radius 3 is 2.29 bits per heavy atom. The van der Waals surface area contributed by atoms with E-state index in [0.29, 0.717) is 17.2 Å². The van der Waals surface area contributed by atoms with E-state index in [1.165, 1.54) is 6.08 Å². The predicted octanol–water partition coefficient (Wildman–Crippen LogP) is 5.30. The molecule has 1 saturated heterocycles. The van der Waals surface area contributed by atoms with Crippen LogP contribution in [0.3, 0.4) is 0 Å². The average molecular weight is 479 g/mol. The van der Waals surface area contributed by atoms with Crippen molar-refractivity contribution in [1.82, 2.24) is 5.32 Å². The summed E-state index contributed by atoms with van der Waals surface area (Å²) in [6.07, 6.45) is 1.35. The SMILES string of the molecule is Cc1cc(C)cc(N2C(=O)NC(=O)C(=Cc3ccc(-c4ccc(C)cc4Br)o3)C2=O)c1. The highest BCUT2D eigenvalue weighted by Crippen LogP contribution is 2.31. The largest absolute Gasteiger partial charge is 0.457 e. The Hall–Kier alpha value is -3.45. The van der Waals surface area contributed by atoms with Gasteiger partial charge in [-0.15, -0.1) is 0 Å². The number of aryl methyl sites for hydroxylation is 3. The first kappa shape index (κ1) is 20.8. The highest BCUT2D eigenvalue weighted by molar-refractivity contribution is 9.10. The molecule has 156 valence electrons. The second kappa shape index (κ2) is 8.00. The zero-order valence-corrected chi connectivity index (χ0v) is 18.7. The molecule has 2 aromatic carbocycles. The lowest BCUT2D eigenvalue weighted by atomic mass is 10.1. The maximum atomic E-state index is 13.1. The van der Waals surface area contributed by atoms with Crippen molar-refractivity contribution in [3.63, 3.8) is 0 Å². The van der Waals surface area contributed by atoms with Crippen molar-refractivity contribution in [2.24, 2.45) is 0 Å². The quantitative estimate of drug-likeness (QED) is 0.409. The van der Waals surface area contributed by atoms with Gasteiger partial charge in [-0.2, -0.15) is 0 Å². The molecule has 1 fully saturated rings. The van der Waals surface area contributed by atoms with E-state index in [1.807, 2.05) is 45.0 Å². The molecule has 0 unspecified atom stereocenters. The van der Waals surface area contributed by atoms with Crippen LogP contribution in [-0.4, -0.2) is 17.8 Å². The lowest BCUT2D eigenvalue weighted by Gasteiger charge is -2.26. The maximum Gasteiger partial charge on any atom is 0.335 e. The zero-order valence-electron chi connectivity index (χ0n) is 17.2. The number of carbonyl (C=O) groups is 3. The van der Waals surface area contributed by atoms with E-state index in [1.54, 1.807) is 24.3 Å². The number of hydrogen-bond acceptors (Lipinski definition) is 4. The lowest BCUT2D eigenvalue weighted by Crippen LogP contribution is -2.54. The third-order valence-electron chi connectivity index (χ3n) is 4.87.